The van der Waals surface area contributed by atoms with Gasteiger partial charge in [0.05, 0.1) is 6.42 Å². The van der Waals surface area contributed by atoms with Crippen LogP contribution in [0, 0.1) is 5.82 Å². The molecule has 1 aliphatic heterocycles. The SMILES string of the molecule is CCc1nc2n(n1)[C@H](CC(=O)Nc1ccc(F)cc1)C(=O)N2. The molecule has 0 saturated heterocycles. The van der Waals surface area contributed by atoms with Gasteiger partial charge in [0.1, 0.15) is 11.9 Å². The fourth-order valence-corrected chi connectivity index (χ4v) is 2.22. The second kappa shape index (κ2) is 5.55. The summed E-state index contributed by atoms with van der Waals surface area (Å²) >= 11 is 0. The summed E-state index contributed by atoms with van der Waals surface area (Å²) < 4.78 is 14.3. The van der Waals surface area contributed by atoms with Crippen molar-refractivity contribution in [1.82, 2.24) is 14.8 Å². The maximum Gasteiger partial charge on any atom is 0.252 e. The van der Waals surface area contributed by atoms with E-state index in [9.17, 15) is 14.0 Å². The van der Waals surface area contributed by atoms with Gasteiger partial charge in [-0.3, -0.25) is 14.9 Å². The molecule has 0 aliphatic carbocycles. The van der Waals surface area contributed by atoms with Crippen LogP contribution in [0.15, 0.2) is 24.3 Å². The van der Waals surface area contributed by atoms with Crippen molar-refractivity contribution in [3.05, 3.63) is 35.9 Å². The lowest BCUT2D eigenvalue weighted by Gasteiger charge is -2.09. The van der Waals surface area contributed by atoms with Crippen molar-refractivity contribution >= 4 is 23.5 Å². The lowest BCUT2D eigenvalue weighted by atomic mass is 10.2. The fraction of sp³-hybridized carbons (Fsp3) is 0.286. The second-order valence-corrected chi connectivity index (χ2v) is 4.91. The van der Waals surface area contributed by atoms with E-state index < -0.39 is 6.04 Å². The minimum absolute atomic E-state index is 0.0667. The third-order valence-electron chi connectivity index (χ3n) is 3.33. The molecule has 7 nitrogen and oxygen atoms in total. The summed E-state index contributed by atoms with van der Waals surface area (Å²) in [6.45, 7) is 1.91. The van der Waals surface area contributed by atoms with Gasteiger partial charge in [0.2, 0.25) is 11.9 Å². The number of carbonyl (C=O) groups excluding carboxylic acids is 2. The van der Waals surface area contributed by atoms with E-state index >= 15 is 0 Å². The van der Waals surface area contributed by atoms with E-state index in [4.69, 9.17) is 0 Å². The monoisotopic (exact) mass is 303 g/mol. The predicted octanol–water partition coefficient (Wildman–Crippen LogP) is 1.50. The van der Waals surface area contributed by atoms with Gasteiger partial charge in [-0.05, 0) is 24.3 Å². The molecule has 1 aromatic carbocycles. The highest BCUT2D eigenvalue weighted by Gasteiger charge is 2.34. The zero-order valence-electron chi connectivity index (χ0n) is 11.8. The van der Waals surface area contributed by atoms with Crippen LogP contribution < -0.4 is 10.6 Å². The van der Waals surface area contributed by atoms with Gasteiger partial charge in [0.25, 0.3) is 5.91 Å². The average Bonchev–Trinajstić information content (AvgIpc) is 3.00. The summed E-state index contributed by atoms with van der Waals surface area (Å²) in [5.74, 6) is -0.0760. The summed E-state index contributed by atoms with van der Waals surface area (Å²) in [5.41, 5.74) is 0.470. The maximum absolute atomic E-state index is 12.8. The Bertz CT molecular complexity index is 725. The minimum atomic E-state index is -0.719. The van der Waals surface area contributed by atoms with Gasteiger partial charge in [0.15, 0.2) is 5.82 Å². The van der Waals surface area contributed by atoms with Crippen LogP contribution in [-0.4, -0.2) is 26.6 Å². The number of nitrogens with one attached hydrogen (secondary N) is 2. The van der Waals surface area contributed by atoms with Crippen molar-refractivity contribution in [2.45, 2.75) is 25.8 Å². The molecule has 0 bridgehead atoms. The van der Waals surface area contributed by atoms with Crippen LogP contribution in [0.5, 0.6) is 0 Å². The molecule has 0 spiro atoms. The molecule has 1 atom stereocenters. The predicted molar refractivity (Wildman–Crippen MR) is 76.7 cm³/mol. The fourth-order valence-electron chi connectivity index (χ4n) is 2.22. The Morgan fingerprint density at radius 3 is 2.82 bits per heavy atom. The minimum Gasteiger partial charge on any atom is -0.326 e. The Labute approximate surface area is 125 Å². The number of hydrogen-bond donors (Lipinski definition) is 2. The van der Waals surface area contributed by atoms with Crippen LogP contribution >= 0.6 is 0 Å². The summed E-state index contributed by atoms with van der Waals surface area (Å²) in [6.07, 6.45) is 0.576. The largest absolute Gasteiger partial charge is 0.326 e. The molecular weight excluding hydrogens is 289 g/mol. The first-order valence-corrected chi connectivity index (χ1v) is 6.88. The topological polar surface area (TPSA) is 88.9 Å². The number of amides is 2. The average molecular weight is 303 g/mol. The summed E-state index contributed by atoms with van der Waals surface area (Å²) in [4.78, 5) is 28.1. The zero-order valence-corrected chi connectivity index (χ0v) is 11.8. The number of aromatic nitrogens is 3. The molecule has 22 heavy (non-hydrogen) atoms. The zero-order chi connectivity index (χ0) is 15.7. The Hall–Kier alpha value is -2.77. The van der Waals surface area contributed by atoms with Gasteiger partial charge in [-0.25, -0.2) is 9.07 Å². The van der Waals surface area contributed by atoms with E-state index in [1.54, 1.807) is 0 Å². The van der Waals surface area contributed by atoms with Gasteiger partial charge >= 0.3 is 0 Å². The first-order chi connectivity index (χ1) is 10.6. The summed E-state index contributed by atoms with van der Waals surface area (Å²) in [6, 6.07) is 4.70. The third kappa shape index (κ3) is 2.67. The normalized spacial score (nSPS) is 16.3. The number of carbonyl (C=O) groups is 2. The number of hydrogen-bond acceptors (Lipinski definition) is 4. The first kappa shape index (κ1) is 14.2. The number of benzene rings is 1. The lowest BCUT2D eigenvalue weighted by molar-refractivity contribution is -0.123. The van der Waals surface area contributed by atoms with E-state index in [0.717, 1.165) is 0 Å². The van der Waals surface area contributed by atoms with Gasteiger partial charge < -0.3 is 5.32 Å². The Kier molecular flexibility index (Phi) is 3.58. The van der Waals surface area contributed by atoms with Crippen molar-refractivity contribution < 1.29 is 14.0 Å². The van der Waals surface area contributed by atoms with Gasteiger partial charge in [-0.1, -0.05) is 6.92 Å². The number of rotatable bonds is 4. The van der Waals surface area contributed by atoms with Crippen molar-refractivity contribution in [1.29, 1.82) is 0 Å². The number of aryl methyl sites for hydroxylation is 1. The van der Waals surface area contributed by atoms with E-state index in [-0.39, 0.29) is 24.1 Å². The summed E-state index contributed by atoms with van der Waals surface area (Å²) in [5, 5.41) is 9.43. The molecule has 1 aromatic heterocycles. The van der Waals surface area contributed by atoms with Crippen LogP contribution in [0.3, 0.4) is 0 Å². The second-order valence-electron chi connectivity index (χ2n) is 4.91. The van der Waals surface area contributed by atoms with Crippen molar-refractivity contribution in [3.63, 3.8) is 0 Å². The molecule has 1 aliphatic rings. The Morgan fingerprint density at radius 1 is 1.41 bits per heavy atom. The highest BCUT2D eigenvalue weighted by Crippen LogP contribution is 2.25. The number of nitrogens with zero attached hydrogens (tertiary/aromatic N) is 3. The Balaban J connectivity index is 1.70. The Morgan fingerprint density at radius 2 is 2.14 bits per heavy atom. The molecule has 2 aromatic rings. The van der Waals surface area contributed by atoms with E-state index in [1.165, 1.54) is 28.9 Å². The van der Waals surface area contributed by atoms with Crippen LogP contribution in [0.1, 0.15) is 25.2 Å². The van der Waals surface area contributed by atoms with Crippen LogP contribution in [0.4, 0.5) is 16.0 Å². The molecule has 0 fully saturated rings. The highest BCUT2D eigenvalue weighted by molar-refractivity contribution is 6.00. The van der Waals surface area contributed by atoms with Crippen LogP contribution in [0.25, 0.3) is 0 Å². The number of halogens is 1. The van der Waals surface area contributed by atoms with E-state index in [0.29, 0.717) is 23.9 Å². The van der Waals surface area contributed by atoms with E-state index in [2.05, 4.69) is 20.7 Å². The lowest BCUT2D eigenvalue weighted by Crippen LogP contribution is -2.24. The molecule has 114 valence electrons. The molecule has 2 heterocycles. The highest BCUT2D eigenvalue weighted by atomic mass is 19.1. The molecule has 0 radical (unpaired) electrons. The first-order valence-electron chi connectivity index (χ1n) is 6.88. The van der Waals surface area contributed by atoms with Crippen molar-refractivity contribution in [2.24, 2.45) is 0 Å². The molecule has 2 N–H and O–H groups in total. The molecule has 0 saturated carbocycles. The van der Waals surface area contributed by atoms with E-state index in [1.807, 2.05) is 6.92 Å². The van der Waals surface area contributed by atoms with Gasteiger partial charge in [0, 0.05) is 12.1 Å². The van der Waals surface area contributed by atoms with Crippen molar-refractivity contribution in [3.8, 4) is 0 Å². The molecular formula is C14H14FN5O2. The van der Waals surface area contributed by atoms with Crippen molar-refractivity contribution in [2.75, 3.05) is 10.6 Å². The summed E-state index contributed by atoms with van der Waals surface area (Å²) in [7, 11) is 0. The maximum atomic E-state index is 12.8. The molecule has 0 unspecified atom stereocenters. The standard InChI is InChI=1S/C14H14FN5O2/c1-2-11-17-14-18-13(22)10(20(14)19-11)7-12(21)16-9-5-3-8(15)4-6-9/h3-6,10H,2,7H2,1H3,(H,16,21)(H,17,18,19,22)/t10-/m1/s1. The van der Waals surface area contributed by atoms with Crippen LogP contribution in [-0.2, 0) is 16.0 Å². The van der Waals surface area contributed by atoms with Crippen LogP contribution in [0.2, 0.25) is 0 Å². The van der Waals surface area contributed by atoms with Gasteiger partial charge in [-0.2, -0.15) is 10.1 Å². The molecule has 8 heteroatoms. The molecule has 3 rings (SSSR count). The molecule has 2 amide bonds. The number of anilines is 2. The smallest absolute Gasteiger partial charge is 0.252 e. The van der Waals surface area contributed by atoms with Gasteiger partial charge in [-0.15, -0.1) is 0 Å². The quantitative estimate of drug-likeness (QED) is 0.896. The third-order valence-corrected chi connectivity index (χ3v) is 3.33. The number of fused-ring (bicyclic) bond motifs is 1.